The zero-order valence-corrected chi connectivity index (χ0v) is 22.6. The van der Waals surface area contributed by atoms with Crippen LogP contribution in [0.25, 0.3) is 27.5 Å². The van der Waals surface area contributed by atoms with Crippen molar-refractivity contribution in [3.63, 3.8) is 0 Å². The van der Waals surface area contributed by atoms with E-state index in [-0.39, 0.29) is 22.3 Å². The Morgan fingerprint density at radius 3 is 2.42 bits per heavy atom. The third kappa shape index (κ3) is 5.10. The van der Waals surface area contributed by atoms with Gasteiger partial charge in [0, 0.05) is 28.8 Å². The third-order valence-electron chi connectivity index (χ3n) is 6.80. The maximum atomic E-state index is 14.7. The fourth-order valence-electron chi connectivity index (χ4n) is 4.81. The number of hydrogen-bond donors (Lipinski definition) is 2. The summed E-state index contributed by atoms with van der Waals surface area (Å²) in [6.07, 6.45) is 2.18. The van der Waals surface area contributed by atoms with Gasteiger partial charge in [0.05, 0.1) is 11.4 Å². The van der Waals surface area contributed by atoms with E-state index in [1.807, 2.05) is 30.3 Å². The highest BCUT2D eigenvalue weighted by molar-refractivity contribution is 7.82. The Morgan fingerprint density at radius 2 is 1.77 bits per heavy atom. The normalized spacial score (nSPS) is 13.9. The van der Waals surface area contributed by atoms with Gasteiger partial charge in [-0.3, -0.25) is 0 Å². The van der Waals surface area contributed by atoms with Crippen LogP contribution in [0.4, 0.5) is 8.78 Å². The second kappa shape index (κ2) is 10.5. The molecule has 0 spiro atoms. The standard InChI is InChI=1S/C29H22F2N4O3S2/c30-21-6-2-4-19(14-21)18-3-1-5-20(13-18)26-22(11-16-7-10-25(40(32)38)23(31)12-16)27(17-8-9-17)35(34-26)29-33-24(15-39-29)28(36)37/h1-7,10,12-15,17H,8-9,11H2,(H2,32,38)(H,36,37)/p+1. The Bertz CT molecular complexity index is 1800. The summed E-state index contributed by atoms with van der Waals surface area (Å²) in [5.41, 5.74) is 5.26. The van der Waals surface area contributed by atoms with Gasteiger partial charge >= 0.3 is 5.97 Å². The van der Waals surface area contributed by atoms with Crippen molar-refractivity contribution in [2.45, 2.75) is 30.1 Å². The first-order valence-corrected chi connectivity index (χ1v) is 14.7. The van der Waals surface area contributed by atoms with Crippen molar-refractivity contribution in [1.82, 2.24) is 14.8 Å². The lowest BCUT2D eigenvalue weighted by molar-refractivity contribution is 0.0691. The van der Waals surface area contributed by atoms with Gasteiger partial charge < -0.3 is 5.11 Å². The summed E-state index contributed by atoms with van der Waals surface area (Å²) in [5, 5.41) is 21.7. The molecule has 5 aromatic rings. The number of thiol groups is 1. The van der Waals surface area contributed by atoms with Crippen molar-refractivity contribution in [3.8, 4) is 27.5 Å². The maximum absolute atomic E-state index is 14.7. The molecule has 2 aromatic heterocycles. The second-order valence-electron chi connectivity index (χ2n) is 9.60. The molecule has 3 N–H and O–H groups in total. The van der Waals surface area contributed by atoms with Crippen LogP contribution in [0.3, 0.4) is 0 Å². The van der Waals surface area contributed by atoms with Gasteiger partial charge in [0.1, 0.15) is 5.82 Å². The van der Waals surface area contributed by atoms with Gasteiger partial charge in [0.25, 0.3) is 0 Å². The van der Waals surface area contributed by atoms with Crippen LogP contribution in [0.1, 0.15) is 46.1 Å². The molecule has 2 heterocycles. The lowest BCUT2D eigenvalue weighted by atomic mass is 9.95. The van der Waals surface area contributed by atoms with Crippen molar-refractivity contribution in [1.29, 1.82) is 0 Å². The number of thiazole rings is 1. The topological polar surface area (TPSA) is 111 Å². The van der Waals surface area contributed by atoms with Crippen molar-refractivity contribution < 1.29 is 22.9 Å². The number of halogens is 2. The molecule has 0 aliphatic heterocycles. The second-order valence-corrected chi connectivity index (χ2v) is 11.6. The van der Waals surface area contributed by atoms with Gasteiger partial charge in [0.15, 0.2) is 22.5 Å². The van der Waals surface area contributed by atoms with E-state index in [9.17, 15) is 22.9 Å². The quantitative estimate of drug-likeness (QED) is 0.173. The Kier molecular flexibility index (Phi) is 6.87. The van der Waals surface area contributed by atoms with Crippen LogP contribution in [0.2, 0.25) is 0 Å². The molecule has 1 fully saturated rings. The molecular formula is C29H23F2N4O3S2+. The number of aromatic nitrogens is 3. The van der Waals surface area contributed by atoms with Gasteiger partial charge in [-0.15, -0.1) is 16.5 Å². The predicted octanol–water partition coefficient (Wildman–Crippen LogP) is 6.04. The van der Waals surface area contributed by atoms with Crippen LogP contribution in [0, 0.1) is 11.6 Å². The molecule has 0 bridgehead atoms. The van der Waals surface area contributed by atoms with Gasteiger partial charge in [-0.05, 0) is 59.9 Å². The number of hydrogen-bond acceptors (Lipinski definition) is 5. The van der Waals surface area contributed by atoms with Crippen LogP contribution in [-0.4, -0.2) is 25.8 Å². The largest absolute Gasteiger partial charge is 0.476 e. The van der Waals surface area contributed by atoms with Gasteiger partial charge in [0.2, 0.25) is 10.0 Å². The summed E-state index contributed by atoms with van der Waals surface area (Å²) in [6, 6.07) is 18.4. The zero-order valence-electron chi connectivity index (χ0n) is 20.9. The summed E-state index contributed by atoms with van der Waals surface area (Å²) < 4.78 is 42.1. The number of nitrogens with zero attached hydrogens (tertiary/aromatic N) is 3. The Balaban J connectivity index is 1.52. The lowest BCUT2D eigenvalue weighted by Gasteiger charge is -2.09. The Hall–Kier alpha value is -4.06. The summed E-state index contributed by atoms with van der Waals surface area (Å²) in [6.45, 7) is 0. The van der Waals surface area contributed by atoms with E-state index in [0.29, 0.717) is 28.4 Å². The number of carboxylic acids is 1. The van der Waals surface area contributed by atoms with Crippen LogP contribution >= 0.6 is 11.3 Å². The Labute approximate surface area is 234 Å². The number of nitrogens with two attached hydrogens (primary N) is 1. The molecule has 3 aromatic carbocycles. The van der Waals surface area contributed by atoms with Crippen LogP contribution < -0.4 is 5.14 Å². The highest BCUT2D eigenvalue weighted by Gasteiger charge is 2.34. The maximum Gasteiger partial charge on any atom is 0.355 e. The minimum atomic E-state index is -2.32. The van der Waals surface area contributed by atoms with E-state index >= 15 is 0 Å². The summed E-state index contributed by atoms with van der Waals surface area (Å²) in [7, 11) is -2.32. The van der Waals surface area contributed by atoms with Crippen molar-refractivity contribution >= 4 is 28.3 Å². The first kappa shape index (κ1) is 26.2. The van der Waals surface area contributed by atoms with Crippen LogP contribution in [0.15, 0.2) is 77.0 Å². The third-order valence-corrected chi connectivity index (χ3v) is 8.46. The summed E-state index contributed by atoms with van der Waals surface area (Å²) in [5.74, 6) is -1.92. The van der Waals surface area contributed by atoms with E-state index in [1.54, 1.807) is 16.8 Å². The monoisotopic (exact) mass is 577 g/mol. The molecule has 6 rings (SSSR count). The first-order chi connectivity index (χ1) is 19.3. The zero-order chi connectivity index (χ0) is 28.0. The molecule has 11 heteroatoms. The van der Waals surface area contributed by atoms with E-state index < -0.39 is 22.8 Å². The molecule has 0 saturated heterocycles. The van der Waals surface area contributed by atoms with E-state index in [2.05, 4.69) is 4.98 Å². The highest BCUT2D eigenvalue weighted by atomic mass is 32.2. The molecule has 1 unspecified atom stereocenters. The molecule has 1 aliphatic carbocycles. The molecular weight excluding hydrogens is 554 g/mol. The predicted molar refractivity (Wildman–Crippen MR) is 150 cm³/mol. The van der Waals surface area contributed by atoms with E-state index in [0.717, 1.165) is 35.2 Å². The van der Waals surface area contributed by atoms with Gasteiger partial charge in [-0.1, -0.05) is 40.6 Å². The first-order valence-electron chi connectivity index (χ1n) is 12.5. The molecule has 1 atom stereocenters. The fourth-order valence-corrected chi connectivity index (χ4v) is 6.07. The molecule has 202 valence electrons. The Morgan fingerprint density at radius 1 is 1.05 bits per heavy atom. The van der Waals surface area contributed by atoms with E-state index in [1.165, 1.54) is 41.0 Å². The molecule has 1 aliphatic rings. The SMILES string of the molecule is N[SH+](=O)c1ccc(Cc2c(-c3cccc(-c4cccc(F)c4)c3)nn(-c3nc(C(=O)O)cs3)c2C2CC2)cc1F. The molecule has 0 radical (unpaired) electrons. The number of benzene rings is 3. The lowest BCUT2D eigenvalue weighted by Crippen LogP contribution is -2.06. The highest BCUT2D eigenvalue weighted by Crippen LogP contribution is 2.46. The number of rotatable bonds is 8. The molecule has 1 saturated carbocycles. The fraction of sp³-hybridized carbons (Fsp3) is 0.138. The van der Waals surface area contributed by atoms with Crippen LogP contribution in [-0.2, 0) is 21.6 Å². The van der Waals surface area contributed by atoms with Gasteiger partial charge in [-0.2, -0.15) is 5.10 Å². The number of carboxylic acid groups (broad SMARTS) is 1. The minimum absolute atomic E-state index is 0.0381. The van der Waals surface area contributed by atoms with Crippen LogP contribution in [0.5, 0.6) is 0 Å². The minimum Gasteiger partial charge on any atom is -0.476 e. The smallest absolute Gasteiger partial charge is 0.355 e. The summed E-state index contributed by atoms with van der Waals surface area (Å²) >= 11 is 1.18. The molecule has 40 heavy (non-hydrogen) atoms. The van der Waals surface area contributed by atoms with Crippen molar-refractivity contribution in [2.24, 2.45) is 5.14 Å². The average molecular weight is 578 g/mol. The number of aromatic carboxylic acids is 1. The van der Waals surface area contributed by atoms with Gasteiger partial charge in [-0.25, -0.2) is 23.2 Å². The number of carbonyl (C=O) groups is 1. The van der Waals surface area contributed by atoms with E-state index in [4.69, 9.17) is 10.2 Å². The molecule has 0 amide bonds. The van der Waals surface area contributed by atoms with Crippen molar-refractivity contribution in [2.75, 3.05) is 0 Å². The van der Waals surface area contributed by atoms with Crippen molar-refractivity contribution in [3.05, 3.63) is 106 Å². The summed E-state index contributed by atoms with van der Waals surface area (Å²) in [4.78, 5) is 15.8. The average Bonchev–Trinajstić information content (AvgIpc) is 3.51. The molecule has 7 nitrogen and oxygen atoms in total.